The van der Waals surface area contributed by atoms with Gasteiger partial charge in [-0.25, -0.2) is 0 Å². The lowest BCUT2D eigenvalue weighted by atomic mass is 10.1. The number of amides is 1. The summed E-state index contributed by atoms with van der Waals surface area (Å²) in [5, 5.41) is 2.78. The molecule has 0 saturated carbocycles. The molecular formula is C8H16NO. The maximum absolute atomic E-state index is 11.0. The average Bonchev–Trinajstić information content (AvgIpc) is 1.98. The van der Waals surface area contributed by atoms with Crippen molar-refractivity contribution in [2.45, 2.75) is 26.7 Å². The van der Waals surface area contributed by atoms with Crippen molar-refractivity contribution in [3.05, 3.63) is 6.92 Å². The minimum absolute atomic E-state index is 0.145. The molecule has 0 fully saturated rings. The molecule has 1 unspecified atom stereocenters. The largest absolute Gasteiger partial charge is 0.356 e. The molecule has 0 aliphatic carbocycles. The maximum Gasteiger partial charge on any atom is 0.222 e. The van der Waals surface area contributed by atoms with Crippen LogP contribution in [-0.2, 0) is 4.79 Å². The van der Waals surface area contributed by atoms with E-state index < -0.39 is 0 Å². The second-order valence-electron chi connectivity index (χ2n) is 2.45. The van der Waals surface area contributed by atoms with Gasteiger partial charge in [-0.05, 0) is 12.8 Å². The Balaban J connectivity index is 3.42. The molecule has 2 nitrogen and oxygen atoms in total. The smallest absolute Gasteiger partial charge is 0.222 e. The molecule has 0 aliphatic heterocycles. The molecular weight excluding hydrogens is 126 g/mol. The molecule has 0 aromatic rings. The van der Waals surface area contributed by atoms with Crippen molar-refractivity contribution in [3.8, 4) is 0 Å². The molecule has 0 aromatic heterocycles. The van der Waals surface area contributed by atoms with E-state index in [0.717, 1.165) is 12.8 Å². The Kier molecular flexibility index (Phi) is 4.99. The van der Waals surface area contributed by atoms with Gasteiger partial charge in [0.05, 0.1) is 0 Å². The van der Waals surface area contributed by atoms with E-state index in [1.807, 2.05) is 13.8 Å². The van der Waals surface area contributed by atoms with E-state index in [2.05, 4.69) is 12.2 Å². The molecule has 1 atom stereocenters. The normalized spacial score (nSPS) is 12.7. The summed E-state index contributed by atoms with van der Waals surface area (Å²) in [5.41, 5.74) is 0. The molecule has 1 radical (unpaired) electrons. The van der Waals surface area contributed by atoms with Crippen LogP contribution < -0.4 is 5.32 Å². The molecule has 1 N–H and O–H groups in total. The van der Waals surface area contributed by atoms with Crippen molar-refractivity contribution in [1.29, 1.82) is 0 Å². The number of hydrogen-bond donors (Lipinski definition) is 1. The van der Waals surface area contributed by atoms with Gasteiger partial charge in [-0.1, -0.05) is 20.8 Å². The van der Waals surface area contributed by atoms with Crippen LogP contribution in [0.3, 0.4) is 0 Å². The number of nitrogens with one attached hydrogen (secondary N) is 1. The molecule has 10 heavy (non-hydrogen) atoms. The van der Waals surface area contributed by atoms with Crippen LogP contribution in [0.2, 0.25) is 0 Å². The first-order valence-corrected chi connectivity index (χ1v) is 3.79. The first-order chi connectivity index (χ1) is 4.72. The lowest BCUT2D eigenvalue weighted by Crippen LogP contribution is -2.29. The van der Waals surface area contributed by atoms with E-state index in [0.29, 0.717) is 6.54 Å². The Morgan fingerprint density at radius 1 is 1.70 bits per heavy atom. The molecule has 1 amide bonds. The molecule has 0 aliphatic rings. The van der Waals surface area contributed by atoms with Crippen LogP contribution in [0.4, 0.5) is 0 Å². The highest BCUT2D eigenvalue weighted by atomic mass is 16.1. The summed E-state index contributed by atoms with van der Waals surface area (Å²) in [7, 11) is 0. The molecule has 0 spiro atoms. The summed E-state index contributed by atoms with van der Waals surface area (Å²) in [6, 6.07) is 0. The standard InChI is InChI=1S/C8H16NO/c1-4-6-9-8(10)7(3)5-2/h7H,1,4-6H2,2-3H3,(H,9,10). The third-order valence-corrected chi connectivity index (χ3v) is 1.54. The predicted molar refractivity (Wildman–Crippen MR) is 42.4 cm³/mol. The Bertz CT molecular complexity index is 101. The number of hydrogen-bond acceptors (Lipinski definition) is 1. The van der Waals surface area contributed by atoms with Gasteiger partial charge in [-0.2, -0.15) is 0 Å². The second-order valence-corrected chi connectivity index (χ2v) is 2.45. The van der Waals surface area contributed by atoms with Crippen molar-refractivity contribution < 1.29 is 4.79 Å². The number of rotatable bonds is 4. The highest BCUT2D eigenvalue weighted by Crippen LogP contribution is 1.98. The van der Waals surface area contributed by atoms with Gasteiger partial charge in [0, 0.05) is 12.5 Å². The third-order valence-electron chi connectivity index (χ3n) is 1.54. The quantitative estimate of drug-likeness (QED) is 0.631. The molecule has 2 heteroatoms. The van der Waals surface area contributed by atoms with Crippen LogP contribution in [0.25, 0.3) is 0 Å². The molecule has 0 heterocycles. The predicted octanol–water partition coefficient (Wildman–Crippen LogP) is 1.37. The Labute approximate surface area is 63.0 Å². The number of carbonyl (C=O) groups excluding carboxylic acids is 1. The SMILES string of the molecule is [CH2]CCNC(=O)C(C)CC. The van der Waals surface area contributed by atoms with Crippen LogP contribution in [0.5, 0.6) is 0 Å². The van der Waals surface area contributed by atoms with E-state index in [-0.39, 0.29) is 11.8 Å². The van der Waals surface area contributed by atoms with Gasteiger partial charge in [-0.3, -0.25) is 4.79 Å². The first-order valence-electron chi connectivity index (χ1n) is 3.79. The van der Waals surface area contributed by atoms with E-state index in [9.17, 15) is 4.79 Å². The maximum atomic E-state index is 11.0. The van der Waals surface area contributed by atoms with Crippen molar-refractivity contribution in [1.82, 2.24) is 5.32 Å². The van der Waals surface area contributed by atoms with Gasteiger partial charge >= 0.3 is 0 Å². The van der Waals surface area contributed by atoms with Gasteiger partial charge in [0.2, 0.25) is 5.91 Å². The van der Waals surface area contributed by atoms with Gasteiger partial charge in [0.25, 0.3) is 0 Å². The Hall–Kier alpha value is -0.530. The second kappa shape index (κ2) is 5.27. The first kappa shape index (κ1) is 9.47. The topological polar surface area (TPSA) is 29.1 Å². The molecule has 0 bridgehead atoms. The van der Waals surface area contributed by atoms with Gasteiger partial charge in [-0.15, -0.1) is 0 Å². The Morgan fingerprint density at radius 3 is 2.70 bits per heavy atom. The zero-order valence-corrected chi connectivity index (χ0v) is 6.81. The minimum Gasteiger partial charge on any atom is -0.356 e. The summed E-state index contributed by atoms with van der Waals surface area (Å²) < 4.78 is 0. The van der Waals surface area contributed by atoms with Crippen molar-refractivity contribution >= 4 is 5.91 Å². The molecule has 0 rings (SSSR count). The zero-order valence-electron chi connectivity index (χ0n) is 6.81. The van der Waals surface area contributed by atoms with Crippen LogP contribution >= 0.6 is 0 Å². The fourth-order valence-electron chi connectivity index (χ4n) is 0.571. The van der Waals surface area contributed by atoms with Crippen LogP contribution in [0.15, 0.2) is 0 Å². The molecule has 0 saturated heterocycles. The summed E-state index contributed by atoms with van der Waals surface area (Å²) in [6.45, 7) is 8.26. The number of carbonyl (C=O) groups is 1. The van der Waals surface area contributed by atoms with Crippen molar-refractivity contribution in [2.24, 2.45) is 5.92 Å². The van der Waals surface area contributed by atoms with Gasteiger partial charge < -0.3 is 5.32 Å². The van der Waals surface area contributed by atoms with Crippen LogP contribution in [0, 0.1) is 12.8 Å². The molecule has 0 aromatic carbocycles. The Morgan fingerprint density at radius 2 is 2.30 bits per heavy atom. The minimum atomic E-state index is 0.145. The average molecular weight is 142 g/mol. The third kappa shape index (κ3) is 3.49. The van der Waals surface area contributed by atoms with Crippen molar-refractivity contribution in [2.75, 3.05) is 6.54 Å². The monoisotopic (exact) mass is 142 g/mol. The van der Waals surface area contributed by atoms with E-state index in [1.165, 1.54) is 0 Å². The van der Waals surface area contributed by atoms with Crippen LogP contribution in [0.1, 0.15) is 26.7 Å². The van der Waals surface area contributed by atoms with E-state index >= 15 is 0 Å². The van der Waals surface area contributed by atoms with E-state index in [4.69, 9.17) is 0 Å². The summed E-state index contributed by atoms with van der Waals surface area (Å²) in [6.07, 6.45) is 1.67. The fourth-order valence-corrected chi connectivity index (χ4v) is 0.571. The van der Waals surface area contributed by atoms with Crippen LogP contribution in [-0.4, -0.2) is 12.5 Å². The fraction of sp³-hybridized carbons (Fsp3) is 0.750. The summed E-state index contributed by atoms with van der Waals surface area (Å²) in [5.74, 6) is 0.290. The highest BCUT2D eigenvalue weighted by Gasteiger charge is 2.07. The lowest BCUT2D eigenvalue weighted by Gasteiger charge is -2.07. The molecule has 59 valence electrons. The van der Waals surface area contributed by atoms with Crippen molar-refractivity contribution in [3.63, 3.8) is 0 Å². The summed E-state index contributed by atoms with van der Waals surface area (Å²) >= 11 is 0. The van der Waals surface area contributed by atoms with Gasteiger partial charge in [0.15, 0.2) is 0 Å². The lowest BCUT2D eigenvalue weighted by molar-refractivity contribution is -0.124. The summed E-state index contributed by atoms with van der Waals surface area (Å²) in [4.78, 5) is 11.0. The van der Waals surface area contributed by atoms with E-state index in [1.54, 1.807) is 0 Å². The highest BCUT2D eigenvalue weighted by molar-refractivity contribution is 5.78. The zero-order chi connectivity index (χ0) is 7.98. The van der Waals surface area contributed by atoms with Gasteiger partial charge in [0.1, 0.15) is 0 Å².